The number of hydrazine groups is 1. The Bertz CT molecular complexity index is 607. The van der Waals surface area contributed by atoms with E-state index in [1.165, 1.54) is 4.31 Å². The SMILES string of the molecule is [CH2]c1ccc(N(C(=O)O)N2CCN(S(C)(=O)=O)CC2)cc1. The van der Waals surface area contributed by atoms with Crippen LogP contribution in [0.25, 0.3) is 0 Å². The third-order valence-corrected chi connectivity index (χ3v) is 4.63. The summed E-state index contributed by atoms with van der Waals surface area (Å²) >= 11 is 0. The van der Waals surface area contributed by atoms with Gasteiger partial charge in [-0.25, -0.2) is 23.2 Å². The zero-order valence-electron chi connectivity index (χ0n) is 11.8. The third kappa shape index (κ3) is 3.72. The summed E-state index contributed by atoms with van der Waals surface area (Å²) in [6, 6.07) is 6.83. The van der Waals surface area contributed by atoms with Crippen molar-refractivity contribution in [3.05, 3.63) is 36.8 Å². The lowest BCUT2D eigenvalue weighted by Crippen LogP contribution is -2.56. The predicted molar refractivity (Wildman–Crippen MR) is 79.4 cm³/mol. The smallest absolute Gasteiger partial charge is 0.426 e. The van der Waals surface area contributed by atoms with E-state index in [1.807, 2.05) is 0 Å². The number of rotatable bonds is 3. The maximum Gasteiger partial charge on any atom is 0.426 e. The van der Waals surface area contributed by atoms with Gasteiger partial charge in [-0.15, -0.1) is 0 Å². The maximum absolute atomic E-state index is 11.5. The molecule has 0 atom stereocenters. The Morgan fingerprint density at radius 1 is 1.19 bits per heavy atom. The van der Waals surface area contributed by atoms with Crippen LogP contribution in [0.1, 0.15) is 5.56 Å². The second-order valence-electron chi connectivity index (χ2n) is 4.88. The fourth-order valence-electron chi connectivity index (χ4n) is 2.24. The molecule has 115 valence electrons. The highest BCUT2D eigenvalue weighted by Crippen LogP contribution is 2.19. The first kappa shape index (κ1) is 15.7. The van der Waals surface area contributed by atoms with Crippen LogP contribution in [0.15, 0.2) is 24.3 Å². The zero-order chi connectivity index (χ0) is 15.6. The molecule has 1 radical (unpaired) electrons. The molecule has 2 rings (SSSR count). The Labute approximate surface area is 124 Å². The second kappa shape index (κ2) is 6.00. The van der Waals surface area contributed by atoms with Crippen molar-refractivity contribution in [2.24, 2.45) is 0 Å². The molecule has 1 aliphatic heterocycles. The molecule has 1 aromatic carbocycles. The minimum absolute atomic E-state index is 0.274. The van der Waals surface area contributed by atoms with Crippen LogP contribution in [0.5, 0.6) is 0 Å². The summed E-state index contributed by atoms with van der Waals surface area (Å²) in [7, 11) is -3.23. The molecular weight excluding hydrogens is 294 g/mol. The summed E-state index contributed by atoms with van der Waals surface area (Å²) in [6.07, 6.45) is 0.0598. The molecule has 1 saturated heterocycles. The van der Waals surface area contributed by atoms with Gasteiger partial charge in [-0.1, -0.05) is 12.1 Å². The van der Waals surface area contributed by atoms with E-state index >= 15 is 0 Å². The van der Waals surface area contributed by atoms with Crippen molar-refractivity contribution < 1.29 is 18.3 Å². The average Bonchev–Trinajstić information content (AvgIpc) is 2.40. The van der Waals surface area contributed by atoms with Gasteiger partial charge >= 0.3 is 6.09 Å². The Balaban J connectivity index is 2.14. The van der Waals surface area contributed by atoms with E-state index in [4.69, 9.17) is 0 Å². The van der Waals surface area contributed by atoms with Crippen LogP contribution in [0.2, 0.25) is 0 Å². The van der Waals surface area contributed by atoms with Crippen molar-refractivity contribution >= 4 is 21.8 Å². The number of carboxylic acid groups (broad SMARTS) is 1. The summed E-state index contributed by atoms with van der Waals surface area (Å²) in [5.41, 5.74) is 1.31. The number of piperazine rings is 1. The summed E-state index contributed by atoms with van der Waals surface area (Å²) in [5.74, 6) is 0. The topological polar surface area (TPSA) is 81.2 Å². The molecule has 1 N–H and O–H groups in total. The lowest BCUT2D eigenvalue weighted by molar-refractivity contribution is 0.144. The van der Waals surface area contributed by atoms with Gasteiger partial charge in [0.2, 0.25) is 10.0 Å². The zero-order valence-corrected chi connectivity index (χ0v) is 12.6. The van der Waals surface area contributed by atoms with Crippen LogP contribution in [0, 0.1) is 6.92 Å². The predicted octanol–water partition coefficient (Wildman–Crippen LogP) is 0.845. The third-order valence-electron chi connectivity index (χ3n) is 3.33. The minimum atomic E-state index is -3.23. The molecule has 1 amide bonds. The minimum Gasteiger partial charge on any atom is -0.464 e. The van der Waals surface area contributed by atoms with Gasteiger partial charge in [-0.2, -0.15) is 4.31 Å². The molecule has 0 saturated carbocycles. The number of hydrogen-bond acceptors (Lipinski definition) is 4. The monoisotopic (exact) mass is 312 g/mol. The highest BCUT2D eigenvalue weighted by Gasteiger charge is 2.29. The largest absolute Gasteiger partial charge is 0.464 e. The van der Waals surface area contributed by atoms with Gasteiger partial charge in [0, 0.05) is 26.2 Å². The van der Waals surface area contributed by atoms with E-state index in [0.717, 1.165) is 16.8 Å². The molecular formula is C13H18N3O4S. The van der Waals surface area contributed by atoms with E-state index in [-0.39, 0.29) is 13.1 Å². The molecule has 0 aromatic heterocycles. The Morgan fingerprint density at radius 3 is 2.14 bits per heavy atom. The molecule has 7 nitrogen and oxygen atoms in total. The molecule has 1 aliphatic rings. The van der Waals surface area contributed by atoms with Gasteiger partial charge in [-0.3, -0.25) is 0 Å². The van der Waals surface area contributed by atoms with Gasteiger partial charge in [-0.05, 0) is 24.6 Å². The number of anilines is 1. The molecule has 0 unspecified atom stereocenters. The number of benzene rings is 1. The molecule has 21 heavy (non-hydrogen) atoms. The molecule has 1 heterocycles. The lowest BCUT2D eigenvalue weighted by Gasteiger charge is -2.38. The molecule has 8 heteroatoms. The molecule has 0 aliphatic carbocycles. The molecule has 1 fully saturated rings. The number of carbonyl (C=O) groups is 1. The first-order chi connectivity index (χ1) is 9.79. The Kier molecular flexibility index (Phi) is 4.50. The molecule has 0 bridgehead atoms. The quantitative estimate of drug-likeness (QED) is 0.894. The highest BCUT2D eigenvalue weighted by atomic mass is 32.2. The lowest BCUT2D eigenvalue weighted by atomic mass is 10.2. The fraction of sp³-hybridized carbons (Fsp3) is 0.385. The van der Waals surface area contributed by atoms with E-state index < -0.39 is 16.1 Å². The van der Waals surface area contributed by atoms with Crippen molar-refractivity contribution in [2.45, 2.75) is 0 Å². The maximum atomic E-state index is 11.5. The van der Waals surface area contributed by atoms with Crippen LogP contribution < -0.4 is 5.01 Å². The van der Waals surface area contributed by atoms with Gasteiger partial charge in [0.05, 0.1) is 11.9 Å². The van der Waals surface area contributed by atoms with E-state index in [9.17, 15) is 18.3 Å². The van der Waals surface area contributed by atoms with Crippen LogP contribution in [-0.4, -0.2) is 61.4 Å². The van der Waals surface area contributed by atoms with Crippen LogP contribution in [0.3, 0.4) is 0 Å². The fourth-order valence-corrected chi connectivity index (χ4v) is 3.07. The summed E-state index contributed by atoms with van der Waals surface area (Å²) < 4.78 is 24.3. The Morgan fingerprint density at radius 2 is 1.71 bits per heavy atom. The van der Waals surface area contributed by atoms with Gasteiger partial charge in [0.15, 0.2) is 0 Å². The standard InChI is InChI=1S/C13H18N3O4S/c1-11-3-5-12(6-4-11)16(13(17)18)14-7-9-15(10-8-14)21(2,19)20/h3-6H,1,7-10H2,2H3,(H,17,18). The summed E-state index contributed by atoms with van der Waals surface area (Å²) in [5, 5.41) is 12.2. The van der Waals surface area contributed by atoms with Crippen molar-refractivity contribution in [2.75, 3.05) is 37.4 Å². The number of nitrogens with zero attached hydrogens (tertiary/aromatic N) is 3. The van der Waals surface area contributed by atoms with Crippen LogP contribution in [0.4, 0.5) is 10.5 Å². The van der Waals surface area contributed by atoms with Gasteiger partial charge in [0.1, 0.15) is 0 Å². The van der Waals surface area contributed by atoms with Gasteiger partial charge < -0.3 is 5.11 Å². The van der Waals surface area contributed by atoms with E-state index in [2.05, 4.69) is 6.92 Å². The average molecular weight is 312 g/mol. The molecule has 1 aromatic rings. The normalized spacial score (nSPS) is 17.6. The summed E-state index contributed by atoms with van der Waals surface area (Å²) in [6.45, 7) is 4.96. The first-order valence-corrected chi connectivity index (χ1v) is 8.29. The Hall–Kier alpha value is -1.64. The first-order valence-electron chi connectivity index (χ1n) is 6.44. The van der Waals surface area contributed by atoms with E-state index in [1.54, 1.807) is 29.3 Å². The van der Waals surface area contributed by atoms with E-state index in [0.29, 0.717) is 18.8 Å². The van der Waals surface area contributed by atoms with Gasteiger partial charge in [0.25, 0.3) is 0 Å². The van der Waals surface area contributed by atoms with Crippen molar-refractivity contribution in [1.29, 1.82) is 0 Å². The van der Waals surface area contributed by atoms with Crippen molar-refractivity contribution in [3.63, 3.8) is 0 Å². The molecule has 0 spiro atoms. The number of hydrogen-bond donors (Lipinski definition) is 1. The van der Waals surface area contributed by atoms with Crippen molar-refractivity contribution in [1.82, 2.24) is 9.31 Å². The van der Waals surface area contributed by atoms with Crippen molar-refractivity contribution in [3.8, 4) is 0 Å². The van der Waals surface area contributed by atoms with Crippen LogP contribution in [-0.2, 0) is 10.0 Å². The second-order valence-corrected chi connectivity index (χ2v) is 6.86. The van der Waals surface area contributed by atoms with Crippen LogP contribution >= 0.6 is 0 Å². The number of sulfonamides is 1. The summed E-state index contributed by atoms with van der Waals surface area (Å²) in [4.78, 5) is 11.5. The number of amides is 1. The highest BCUT2D eigenvalue weighted by molar-refractivity contribution is 7.88.